The molecule has 3 amide bonds. The number of nitrogens with one attached hydrogen (secondary N) is 2. The minimum Gasteiger partial charge on any atom is -0.444 e. The zero-order valence-electron chi connectivity index (χ0n) is 24.4. The zero-order chi connectivity index (χ0) is 29.7. The maximum atomic E-state index is 14.1. The molecule has 214 valence electrons. The summed E-state index contributed by atoms with van der Waals surface area (Å²) >= 11 is 6.43. The lowest BCUT2D eigenvalue weighted by Gasteiger charge is -2.44. The van der Waals surface area contributed by atoms with Crippen LogP contribution >= 0.6 is 11.6 Å². The third-order valence-electron chi connectivity index (χ3n) is 6.46. The van der Waals surface area contributed by atoms with E-state index < -0.39 is 47.7 Å². The van der Waals surface area contributed by atoms with Crippen LogP contribution in [0.1, 0.15) is 76.3 Å². The van der Waals surface area contributed by atoms with Gasteiger partial charge in [-0.25, -0.2) is 4.79 Å². The molecule has 9 heteroatoms. The molecule has 3 N–H and O–H groups in total. The fourth-order valence-electron chi connectivity index (χ4n) is 4.32. The van der Waals surface area contributed by atoms with Gasteiger partial charge in [-0.2, -0.15) is 0 Å². The molecule has 2 aromatic carbocycles. The number of benzene rings is 2. The fourth-order valence-corrected chi connectivity index (χ4v) is 4.58. The SMILES string of the molecule is CCC(C)(C)N(C(=O)C(CO)NC(=O)OC(C)(C)C)C(C(=O)Nc1c(C)cccc1Cl)c1cc(C)cc(C)c1. The molecule has 2 aromatic rings. The molecule has 39 heavy (non-hydrogen) atoms. The van der Waals surface area contributed by atoms with Crippen LogP contribution in [0.3, 0.4) is 0 Å². The van der Waals surface area contributed by atoms with Crippen molar-refractivity contribution in [3.05, 3.63) is 63.7 Å². The number of para-hydroxylation sites is 1. The number of hydrogen-bond donors (Lipinski definition) is 3. The number of anilines is 1. The van der Waals surface area contributed by atoms with Gasteiger partial charge in [-0.3, -0.25) is 9.59 Å². The van der Waals surface area contributed by atoms with E-state index in [0.29, 0.717) is 22.7 Å². The quantitative estimate of drug-likeness (QED) is 0.357. The van der Waals surface area contributed by atoms with Crippen LogP contribution in [0.25, 0.3) is 0 Å². The maximum Gasteiger partial charge on any atom is 0.408 e. The van der Waals surface area contributed by atoms with E-state index >= 15 is 0 Å². The van der Waals surface area contributed by atoms with Gasteiger partial charge in [-0.1, -0.05) is 60.0 Å². The maximum absolute atomic E-state index is 14.1. The summed E-state index contributed by atoms with van der Waals surface area (Å²) in [5.41, 5.74) is 2.00. The van der Waals surface area contributed by atoms with E-state index in [-0.39, 0.29) is 0 Å². The minimum absolute atomic E-state index is 0.370. The van der Waals surface area contributed by atoms with Crippen LogP contribution < -0.4 is 10.6 Å². The molecule has 2 atom stereocenters. The summed E-state index contributed by atoms with van der Waals surface area (Å²) in [6, 6.07) is 8.56. The second-order valence-corrected chi connectivity index (χ2v) is 11.9. The smallest absolute Gasteiger partial charge is 0.408 e. The molecular weight excluding hydrogens is 518 g/mol. The molecular formula is C30H42ClN3O5. The van der Waals surface area contributed by atoms with Gasteiger partial charge in [0.05, 0.1) is 17.3 Å². The Labute approximate surface area is 237 Å². The van der Waals surface area contributed by atoms with Crippen molar-refractivity contribution in [2.75, 3.05) is 11.9 Å². The van der Waals surface area contributed by atoms with Crippen LogP contribution in [0.15, 0.2) is 36.4 Å². The Balaban J connectivity index is 2.68. The largest absolute Gasteiger partial charge is 0.444 e. The third-order valence-corrected chi connectivity index (χ3v) is 6.78. The third kappa shape index (κ3) is 8.44. The highest BCUT2D eigenvalue weighted by molar-refractivity contribution is 6.34. The number of amides is 3. The Kier molecular flexibility index (Phi) is 10.6. The minimum atomic E-state index is -1.34. The molecule has 2 rings (SSSR count). The first kappa shape index (κ1) is 32.1. The second-order valence-electron chi connectivity index (χ2n) is 11.5. The van der Waals surface area contributed by atoms with Gasteiger partial charge in [0, 0.05) is 5.54 Å². The molecule has 0 fully saturated rings. The summed E-state index contributed by atoms with van der Waals surface area (Å²) < 4.78 is 5.32. The number of aliphatic hydroxyl groups excluding tert-OH is 1. The monoisotopic (exact) mass is 559 g/mol. The molecule has 0 saturated heterocycles. The first-order valence-corrected chi connectivity index (χ1v) is 13.5. The summed E-state index contributed by atoms with van der Waals surface area (Å²) in [7, 11) is 0. The van der Waals surface area contributed by atoms with Crippen molar-refractivity contribution in [1.82, 2.24) is 10.2 Å². The number of rotatable bonds is 9. The fraction of sp³-hybridized carbons (Fsp3) is 0.500. The number of aliphatic hydroxyl groups is 1. The first-order valence-electron chi connectivity index (χ1n) is 13.1. The van der Waals surface area contributed by atoms with Crippen molar-refractivity contribution in [3.63, 3.8) is 0 Å². The van der Waals surface area contributed by atoms with E-state index in [1.165, 1.54) is 4.90 Å². The number of hydrogen-bond acceptors (Lipinski definition) is 5. The normalized spacial score (nSPS) is 13.3. The Bertz CT molecular complexity index is 1170. The van der Waals surface area contributed by atoms with Gasteiger partial charge in [-0.05, 0) is 79.0 Å². The van der Waals surface area contributed by atoms with Crippen LogP contribution in [0.5, 0.6) is 0 Å². The molecule has 0 heterocycles. The van der Waals surface area contributed by atoms with Gasteiger partial charge in [0.2, 0.25) is 5.91 Å². The molecule has 0 aliphatic rings. The topological polar surface area (TPSA) is 108 Å². The number of carbonyl (C=O) groups excluding carboxylic acids is 3. The lowest BCUT2D eigenvalue weighted by Crippen LogP contribution is -2.59. The number of carbonyl (C=O) groups is 3. The highest BCUT2D eigenvalue weighted by Gasteiger charge is 2.43. The molecule has 2 unspecified atom stereocenters. The Morgan fingerprint density at radius 1 is 1.03 bits per heavy atom. The van der Waals surface area contributed by atoms with E-state index in [1.54, 1.807) is 32.9 Å². The predicted molar refractivity (Wildman–Crippen MR) is 155 cm³/mol. The molecule has 0 aliphatic carbocycles. The van der Waals surface area contributed by atoms with Crippen LogP contribution in [-0.4, -0.2) is 51.7 Å². The van der Waals surface area contributed by atoms with Gasteiger partial charge in [0.15, 0.2) is 0 Å². The number of ether oxygens (including phenoxy) is 1. The summed E-state index contributed by atoms with van der Waals surface area (Å²) in [5, 5.41) is 16.0. The van der Waals surface area contributed by atoms with Crippen molar-refractivity contribution >= 4 is 35.2 Å². The van der Waals surface area contributed by atoms with Crippen molar-refractivity contribution in [2.24, 2.45) is 0 Å². The molecule has 0 bridgehead atoms. The van der Waals surface area contributed by atoms with Crippen molar-refractivity contribution in [1.29, 1.82) is 0 Å². The highest BCUT2D eigenvalue weighted by Crippen LogP contribution is 2.35. The molecule has 0 saturated carbocycles. The van der Waals surface area contributed by atoms with Gasteiger partial charge < -0.3 is 25.4 Å². The van der Waals surface area contributed by atoms with Crippen LogP contribution in [-0.2, 0) is 14.3 Å². The van der Waals surface area contributed by atoms with Crippen molar-refractivity contribution < 1.29 is 24.2 Å². The van der Waals surface area contributed by atoms with E-state index in [2.05, 4.69) is 10.6 Å². The van der Waals surface area contributed by atoms with Crippen LogP contribution in [0.4, 0.5) is 10.5 Å². The average Bonchev–Trinajstić information content (AvgIpc) is 2.80. The number of aryl methyl sites for hydroxylation is 3. The van der Waals surface area contributed by atoms with Crippen molar-refractivity contribution in [2.45, 2.75) is 92.0 Å². The van der Waals surface area contributed by atoms with E-state index in [9.17, 15) is 19.5 Å². The molecule has 0 aliphatic heterocycles. The van der Waals surface area contributed by atoms with Gasteiger partial charge in [-0.15, -0.1) is 0 Å². The molecule has 0 radical (unpaired) electrons. The van der Waals surface area contributed by atoms with Gasteiger partial charge in [0.25, 0.3) is 5.91 Å². The van der Waals surface area contributed by atoms with E-state index in [0.717, 1.165) is 16.7 Å². The molecule has 0 aromatic heterocycles. The lowest BCUT2D eigenvalue weighted by molar-refractivity contribution is -0.148. The summed E-state index contributed by atoms with van der Waals surface area (Å²) in [6.07, 6.45) is -0.355. The zero-order valence-corrected chi connectivity index (χ0v) is 25.2. The number of halogens is 1. The highest BCUT2D eigenvalue weighted by atomic mass is 35.5. The molecule has 0 spiro atoms. The Morgan fingerprint density at radius 2 is 1.62 bits per heavy atom. The van der Waals surface area contributed by atoms with E-state index in [4.69, 9.17) is 16.3 Å². The van der Waals surface area contributed by atoms with Gasteiger partial charge in [0.1, 0.15) is 17.7 Å². The van der Waals surface area contributed by atoms with Crippen LogP contribution in [0.2, 0.25) is 5.02 Å². The summed E-state index contributed by atoms with van der Waals surface area (Å²) in [4.78, 5) is 42.3. The van der Waals surface area contributed by atoms with Crippen LogP contribution in [0, 0.1) is 20.8 Å². The number of alkyl carbamates (subject to hydrolysis) is 1. The standard InChI is InChI=1S/C30H42ClN3O5/c1-10-30(8,9)34(27(37)23(17-35)32-28(38)39-29(5,6)7)25(21-15-18(2)14-19(3)16-21)26(36)33-24-20(4)12-11-13-22(24)31/h11-16,23,25,35H,10,17H2,1-9H3,(H,32,38)(H,33,36). The first-order chi connectivity index (χ1) is 18.0. The average molecular weight is 560 g/mol. The predicted octanol–water partition coefficient (Wildman–Crippen LogP) is 5.85. The Morgan fingerprint density at radius 3 is 2.10 bits per heavy atom. The number of nitrogens with zero attached hydrogens (tertiary/aromatic N) is 1. The summed E-state index contributed by atoms with van der Waals surface area (Å²) in [5.74, 6) is -1.09. The Hall–Kier alpha value is -3.10. The lowest BCUT2D eigenvalue weighted by atomic mass is 9.91. The molecule has 8 nitrogen and oxygen atoms in total. The van der Waals surface area contributed by atoms with Crippen molar-refractivity contribution in [3.8, 4) is 0 Å². The van der Waals surface area contributed by atoms with Gasteiger partial charge >= 0.3 is 6.09 Å². The second kappa shape index (κ2) is 12.8. The van der Waals surface area contributed by atoms with E-state index in [1.807, 2.05) is 65.8 Å². The summed E-state index contributed by atoms with van der Waals surface area (Å²) in [6.45, 7) is 15.7.